The molecule has 6 nitrogen and oxygen atoms in total. The minimum atomic E-state index is -0.824. The van der Waals surface area contributed by atoms with Crippen LogP contribution in [0.15, 0.2) is 134 Å². The summed E-state index contributed by atoms with van der Waals surface area (Å²) in [6.07, 6.45) is 96.2. The van der Waals surface area contributed by atoms with Gasteiger partial charge in [0.15, 0.2) is 6.10 Å². The number of carbonyl (C=O) groups is 3. The summed E-state index contributed by atoms with van der Waals surface area (Å²) in [4.78, 5) is 38.3. The first-order valence-corrected chi connectivity index (χ1v) is 33.7. The highest BCUT2D eigenvalue weighted by atomic mass is 16.6. The summed E-state index contributed by atoms with van der Waals surface area (Å²) in [6.45, 7) is 6.35. The van der Waals surface area contributed by atoms with Crippen LogP contribution in [0.25, 0.3) is 0 Å². The average Bonchev–Trinajstić information content (AvgIpc) is 3.47. The molecule has 0 heterocycles. The number of unbranched alkanes of at least 4 members (excludes halogenated alkanes) is 27. The van der Waals surface area contributed by atoms with Crippen molar-refractivity contribution in [1.29, 1.82) is 0 Å². The van der Waals surface area contributed by atoms with Crippen LogP contribution in [-0.4, -0.2) is 37.2 Å². The Labute approximate surface area is 500 Å². The monoisotopic (exact) mass is 1120 g/mol. The molecule has 0 aromatic rings. The highest BCUT2D eigenvalue weighted by molar-refractivity contribution is 5.71. The van der Waals surface area contributed by atoms with Crippen LogP contribution in [0, 0.1) is 0 Å². The second kappa shape index (κ2) is 68.1. The van der Waals surface area contributed by atoms with Crippen LogP contribution in [0.1, 0.15) is 303 Å². The standard InChI is InChI=1S/C75H124O6/c1-4-7-10-13-16-19-22-25-28-31-32-33-34-35-36-37-38-39-40-41-42-45-47-50-53-56-59-62-65-68-74(77)80-71-72(81-75(78)69-66-63-60-57-54-51-48-44-30-27-24-21-18-15-12-9-6-3)70-79-73(76)67-64-61-58-55-52-49-46-43-29-26-23-20-17-14-11-8-5-2/h8-9,11-12,17-18,20-22,25-27,29-32,46,48-49,51,57,60,72H,4-7,10,13-16,19,23-24,28,33-45,47,50,52-56,58-59,61-71H2,1-3H3/b11-8-,12-9-,20-17-,21-18-,25-22-,29-26-,30-27-,32-31-,49-46-,51-48-,60-57-. The van der Waals surface area contributed by atoms with Crippen molar-refractivity contribution >= 4 is 17.9 Å². The molecule has 0 saturated heterocycles. The van der Waals surface area contributed by atoms with E-state index in [0.29, 0.717) is 19.3 Å². The molecular formula is C75H124O6. The minimum Gasteiger partial charge on any atom is -0.462 e. The fraction of sp³-hybridized carbons (Fsp3) is 0.667. The van der Waals surface area contributed by atoms with Crippen molar-refractivity contribution in [3.8, 4) is 0 Å². The second-order valence-electron chi connectivity index (χ2n) is 22.0. The van der Waals surface area contributed by atoms with Gasteiger partial charge in [-0.05, 0) is 128 Å². The predicted octanol–water partition coefficient (Wildman–Crippen LogP) is 23.3. The molecule has 0 aliphatic heterocycles. The SMILES string of the molecule is CC/C=C\C/C=C\C/C=C\C/C=C\C/C=C\CCCC(=O)OC(COC(=O)CCCCCC/C=C\C/C=C\C/C=C\C/C=C\CC)COC(=O)CCCCCCCCCCCCCCCCCCC/C=C\C/C=C\CCCCCCC. The smallest absolute Gasteiger partial charge is 0.306 e. The molecule has 460 valence electrons. The Morgan fingerprint density at radius 1 is 0.259 bits per heavy atom. The molecule has 0 saturated carbocycles. The van der Waals surface area contributed by atoms with Gasteiger partial charge in [-0.25, -0.2) is 0 Å². The molecule has 6 heteroatoms. The molecule has 0 aliphatic rings. The third-order valence-electron chi connectivity index (χ3n) is 14.1. The number of hydrogen-bond donors (Lipinski definition) is 0. The van der Waals surface area contributed by atoms with E-state index in [1.165, 1.54) is 135 Å². The number of rotatable bonds is 60. The lowest BCUT2D eigenvalue weighted by atomic mass is 10.0. The summed E-state index contributed by atoms with van der Waals surface area (Å²) in [7, 11) is 0. The van der Waals surface area contributed by atoms with Crippen molar-refractivity contribution in [2.75, 3.05) is 13.2 Å². The van der Waals surface area contributed by atoms with Gasteiger partial charge in [-0.1, -0.05) is 289 Å². The fourth-order valence-electron chi connectivity index (χ4n) is 9.15. The molecule has 0 N–H and O–H groups in total. The Hall–Kier alpha value is -4.45. The third-order valence-corrected chi connectivity index (χ3v) is 14.1. The Morgan fingerprint density at radius 2 is 0.494 bits per heavy atom. The normalized spacial score (nSPS) is 13.0. The number of esters is 3. The molecule has 0 spiro atoms. The summed E-state index contributed by atoms with van der Waals surface area (Å²) in [5.41, 5.74) is 0. The topological polar surface area (TPSA) is 78.9 Å². The van der Waals surface area contributed by atoms with Crippen LogP contribution in [0.3, 0.4) is 0 Å². The molecule has 0 rings (SSSR count). The zero-order valence-electron chi connectivity index (χ0n) is 52.8. The highest BCUT2D eigenvalue weighted by Crippen LogP contribution is 2.16. The van der Waals surface area contributed by atoms with Crippen LogP contribution in [0.5, 0.6) is 0 Å². The maximum atomic E-state index is 12.9. The molecule has 0 fully saturated rings. The molecular weight excluding hydrogens is 997 g/mol. The van der Waals surface area contributed by atoms with Gasteiger partial charge in [-0.2, -0.15) is 0 Å². The van der Waals surface area contributed by atoms with Crippen LogP contribution in [0.2, 0.25) is 0 Å². The zero-order chi connectivity index (χ0) is 58.5. The molecule has 1 unspecified atom stereocenters. The maximum Gasteiger partial charge on any atom is 0.306 e. The van der Waals surface area contributed by atoms with Crippen molar-refractivity contribution in [2.24, 2.45) is 0 Å². The van der Waals surface area contributed by atoms with Gasteiger partial charge < -0.3 is 14.2 Å². The molecule has 0 radical (unpaired) electrons. The lowest BCUT2D eigenvalue weighted by molar-refractivity contribution is -0.167. The Kier molecular flexibility index (Phi) is 64.3. The molecule has 0 amide bonds. The van der Waals surface area contributed by atoms with E-state index in [0.717, 1.165) is 122 Å². The van der Waals surface area contributed by atoms with Gasteiger partial charge in [0.1, 0.15) is 13.2 Å². The van der Waals surface area contributed by atoms with Crippen LogP contribution >= 0.6 is 0 Å². The second-order valence-corrected chi connectivity index (χ2v) is 22.0. The van der Waals surface area contributed by atoms with Gasteiger partial charge in [0.2, 0.25) is 0 Å². The van der Waals surface area contributed by atoms with Gasteiger partial charge >= 0.3 is 17.9 Å². The van der Waals surface area contributed by atoms with Crippen molar-refractivity contribution in [2.45, 2.75) is 309 Å². The van der Waals surface area contributed by atoms with Crippen LogP contribution in [-0.2, 0) is 28.6 Å². The number of allylic oxidation sites excluding steroid dienone is 22. The van der Waals surface area contributed by atoms with Crippen molar-refractivity contribution in [3.05, 3.63) is 134 Å². The quantitative estimate of drug-likeness (QED) is 0.0261. The average molecular weight is 1120 g/mol. The van der Waals surface area contributed by atoms with E-state index in [1.54, 1.807) is 0 Å². The van der Waals surface area contributed by atoms with E-state index in [-0.39, 0.29) is 37.5 Å². The van der Waals surface area contributed by atoms with Crippen molar-refractivity contribution < 1.29 is 28.6 Å². The summed E-state index contributed by atoms with van der Waals surface area (Å²) < 4.78 is 16.9. The van der Waals surface area contributed by atoms with Gasteiger partial charge in [-0.3, -0.25) is 14.4 Å². The predicted molar refractivity (Wildman–Crippen MR) is 353 cm³/mol. The first kappa shape index (κ1) is 76.5. The first-order valence-electron chi connectivity index (χ1n) is 33.7. The molecule has 0 aromatic carbocycles. The Balaban J connectivity index is 4.36. The first-order chi connectivity index (χ1) is 40.0. The number of carbonyl (C=O) groups excluding carboxylic acids is 3. The highest BCUT2D eigenvalue weighted by Gasteiger charge is 2.19. The third kappa shape index (κ3) is 66.2. The zero-order valence-corrected chi connectivity index (χ0v) is 52.8. The van der Waals surface area contributed by atoms with E-state index in [1.807, 2.05) is 0 Å². The molecule has 81 heavy (non-hydrogen) atoms. The summed E-state index contributed by atoms with van der Waals surface area (Å²) in [5, 5.41) is 0. The van der Waals surface area contributed by atoms with Crippen molar-refractivity contribution in [1.82, 2.24) is 0 Å². The Bertz CT molecular complexity index is 1720. The van der Waals surface area contributed by atoms with Gasteiger partial charge in [0.25, 0.3) is 0 Å². The van der Waals surface area contributed by atoms with E-state index in [2.05, 4.69) is 154 Å². The summed E-state index contributed by atoms with van der Waals surface area (Å²) >= 11 is 0. The van der Waals surface area contributed by atoms with E-state index < -0.39 is 6.10 Å². The van der Waals surface area contributed by atoms with Gasteiger partial charge in [0, 0.05) is 19.3 Å². The van der Waals surface area contributed by atoms with E-state index >= 15 is 0 Å². The van der Waals surface area contributed by atoms with E-state index in [4.69, 9.17) is 14.2 Å². The molecule has 0 aromatic heterocycles. The lowest BCUT2D eigenvalue weighted by Crippen LogP contribution is -2.30. The molecule has 0 bridgehead atoms. The van der Waals surface area contributed by atoms with Crippen LogP contribution in [0.4, 0.5) is 0 Å². The van der Waals surface area contributed by atoms with Crippen LogP contribution < -0.4 is 0 Å². The molecule has 0 aliphatic carbocycles. The number of hydrogen-bond acceptors (Lipinski definition) is 6. The maximum absolute atomic E-state index is 12.9. The minimum absolute atomic E-state index is 0.111. The van der Waals surface area contributed by atoms with E-state index in [9.17, 15) is 14.4 Å². The van der Waals surface area contributed by atoms with Gasteiger partial charge in [0.05, 0.1) is 0 Å². The number of ether oxygens (including phenoxy) is 3. The lowest BCUT2D eigenvalue weighted by Gasteiger charge is -2.18. The van der Waals surface area contributed by atoms with Crippen molar-refractivity contribution in [3.63, 3.8) is 0 Å². The summed E-state index contributed by atoms with van der Waals surface area (Å²) in [5.74, 6) is -0.990. The summed E-state index contributed by atoms with van der Waals surface area (Å²) in [6, 6.07) is 0. The van der Waals surface area contributed by atoms with Gasteiger partial charge in [-0.15, -0.1) is 0 Å². The fourth-order valence-corrected chi connectivity index (χ4v) is 9.15. The Morgan fingerprint density at radius 3 is 0.790 bits per heavy atom. The molecule has 1 atom stereocenters. The largest absolute Gasteiger partial charge is 0.462 e.